The number of halogens is 1. The zero-order valence-electron chi connectivity index (χ0n) is 17.8. The molecule has 0 spiro atoms. The van der Waals surface area contributed by atoms with E-state index in [1.807, 2.05) is 0 Å². The lowest BCUT2D eigenvalue weighted by atomic mass is 9.95. The number of carbonyl (C=O) groups is 2. The first-order valence-electron chi connectivity index (χ1n) is 10.8. The van der Waals surface area contributed by atoms with Crippen molar-refractivity contribution in [2.45, 2.75) is 6.04 Å². The number of ether oxygens (including phenoxy) is 3. The molecule has 0 radical (unpaired) electrons. The van der Waals surface area contributed by atoms with Crippen molar-refractivity contribution in [2.24, 2.45) is 0 Å². The van der Waals surface area contributed by atoms with E-state index in [9.17, 15) is 14.7 Å². The largest absolute Gasteiger partial charge is 0.507 e. The lowest BCUT2D eigenvalue weighted by molar-refractivity contribution is -0.140. The van der Waals surface area contributed by atoms with E-state index < -0.39 is 17.7 Å². The van der Waals surface area contributed by atoms with Crippen LogP contribution in [0, 0.1) is 0 Å². The van der Waals surface area contributed by atoms with Gasteiger partial charge in [0, 0.05) is 36.8 Å². The number of nitrogens with zero attached hydrogens (tertiary/aromatic N) is 2. The molecule has 2 fully saturated rings. The number of hydrogen-bond acceptors (Lipinski definition) is 7. The number of Topliss-reactive ketones (excluding diaryl/α,β-unsaturated/α-hetero) is 1. The minimum atomic E-state index is -0.754. The number of rotatable bonds is 5. The summed E-state index contributed by atoms with van der Waals surface area (Å²) in [5.74, 6) is -0.595. The maximum absolute atomic E-state index is 13.2. The van der Waals surface area contributed by atoms with Crippen molar-refractivity contribution in [3.63, 3.8) is 0 Å². The molecule has 0 saturated carbocycles. The van der Waals surface area contributed by atoms with Crippen LogP contribution in [0.15, 0.2) is 48.0 Å². The molecule has 2 aromatic carbocycles. The highest BCUT2D eigenvalue weighted by molar-refractivity contribution is 6.46. The van der Waals surface area contributed by atoms with E-state index in [-0.39, 0.29) is 18.1 Å². The van der Waals surface area contributed by atoms with Crippen molar-refractivity contribution in [1.82, 2.24) is 9.80 Å². The van der Waals surface area contributed by atoms with Crippen molar-refractivity contribution in [3.05, 3.63) is 64.2 Å². The fraction of sp³-hybridized carbons (Fsp3) is 0.333. The van der Waals surface area contributed by atoms with Crippen molar-refractivity contribution in [3.8, 4) is 11.5 Å². The molecule has 3 aliphatic heterocycles. The molecule has 2 aromatic rings. The molecule has 9 heteroatoms. The van der Waals surface area contributed by atoms with Gasteiger partial charge < -0.3 is 24.2 Å². The number of aliphatic hydroxyl groups excluding tert-OH is 1. The third-order valence-electron chi connectivity index (χ3n) is 6.11. The monoisotopic (exact) mass is 470 g/mol. The second-order valence-corrected chi connectivity index (χ2v) is 8.51. The molecule has 3 aliphatic rings. The predicted molar refractivity (Wildman–Crippen MR) is 120 cm³/mol. The summed E-state index contributed by atoms with van der Waals surface area (Å²) in [4.78, 5) is 29.9. The topological polar surface area (TPSA) is 88.5 Å². The fourth-order valence-electron chi connectivity index (χ4n) is 4.41. The van der Waals surface area contributed by atoms with E-state index in [0.717, 1.165) is 13.1 Å². The standard InChI is InChI=1S/C24H23ClN2O6/c25-17-3-1-2-15(12-17)21-20(22(28)16-4-5-18-19(13-16)33-14-32-18)23(29)24(30)27(21)7-6-26-8-10-31-11-9-26/h1-5,12-13,21,28H,6-11,14H2. The van der Waals surface area contributed by atoms with Gasteiger partial charge >= 0.3 is 0 Å². The van der Waals surface area contributed by atoms with Crippen LogP contribution in [0.5, 0.6) is 11.5 Å². The number of amides is 1. The second-order valence-electron chi connectivity index (χ2n) is 8.07. The van der Waals surface area contributed by atoms with Crippen LogP contribution in [0.25, 0.3) is 5.76 Å². The molecule has 172 valence electrons. The molecule has 1 amide bonds. The van der Waals surface area contributed by atoms with Crippen LogP contribution in [0.3, 0.4) is 0 Å². The minimum absolute atomic E-state index is 0.0307. The van der Waals surface area contributed by atoms with Gasteiger partial charge in [0.25, 0.3) is 11.7 Å². The van der Waals surface area contributed by atoms with Crippen LogP contribution in [-0.4, -0.2) is 72.8 Å². The molecule has 1 atom stereocenters. The van der Waals surface area contributed by atoms with Crippen molar-refractivity contribution >= 4 is 29.1 Å². The second kappa shape index (κ2) is 9.05. The van der Waals surface area contributed by atoms with Crippen LogP contribution >= 0.6 is 11.6 Å². The first-order chi connectivity index (χ1) is 16.0. The van der Waals surface area contributed by atoms with Crippen LogP contribution in [-0.2, 0) is 14.3 Å². The molecule has 0 bridgehead atoms. The highest BCUT2D eigenvalue weighted by Gasteiger charge is 2.46. The maximum atomic E-state index is 13.2. The van der Waals surface area contributed by atoms with Crippen LogP contribution in [0.2, 0.25) is 5.02 Å². The summed E-state index contributed by atoms with van der Waals surface area (Å²) < 4.78 is 16.1. The molecule has 33 heavy (non-hydrogen) atoms. The van der Waals surface area contributed by atoms with Crippen molar-refractivity contribution in [2.75, 3.05) is 46.2 Å². The summed E-state index contributed by atoms with van der Waals surface area (Å²) in [6.07, 6.45) is 0. The van der Waals surface area contributed by atoms with Crippen LogP contribution in [0.1, 0.15) is 17.2 Å². The summed E-state index contributed by atoms with van der Waals surface area (Å²) in [6.45, 7) is 3.83. The molecular weight excluding hydrogens is 448 g/mol. The van der Waals surface area contributed by atoms with Gasteiger partial charge in [0.15, 0.2) is 11.5 Å². The zero-order chi connectivity index (χ0) is 22.9. The number of likely N-dealkylation sites (tertiary alicyclic amines) is 1. The highest BCUT2D eigenvalue weighted by atomic mass is 35.5. The number of morpholine rings is 1. The molecule has 0 aliphatic carbocycles. The summed E-state index contributed by atoms with van der Waals surface area (Å²) in [5, 5.41) is 11.7. The van der Waals surface area contributed by atoms with Gasteiger partial charge in [-0.15, -0.1) is 0 Å². The maximum Gasteiger partial charge on any atom is 0.295 e. The van der Waals surface area contributed by atoms with Gasteiger partial charge in [-0.05, 0) is 35.9 Å². The third kappa shape index (κ3) is 4.17. The number of ketones is 1. The highest BCUT2D eigenvalue weighted by Crippen LogP contribution is 2.41. The van der Waals surface area contributed by atoms with E-state index in [1.165, 1.54) is 4.90 Å². The first kappa shape index (κ1) is 21.8. The molecule has 5 rings (SSSR count). The summed E-state index contributed by atoms with van der Waals surface area (Å²) >= 11 is 6.23. The number of hydrogen-bond donors (Lipinski definition) is 1. The average molecular weight is 471 g/mol. The van der Waals surface area contributed by atoms with E-state index in [1.54, 1.807) is 42.5 Å². The summed E-state index contributed by atoms with van der Waals surface area (Å²) in [6, 6.07) is 11.2. The Labute approximate surface area is 195 Å². The normalized spacial score (nSPS) is 22.2. The predicted octanol–water partition coefficient (Wildman–Crippen LogP) is 2.82. The lowest BCUT2D eigenvalue weighted by Crippen LogP contribution is -2.42. The Kier molecular flexibility index (Phi) is 5.97. The van der Waals surface area contributed by atoms with Gasteiger partial charge in [-0.3, -0.25) is 14.5 Å². The lowest BCUT2D eigenvalue weighted by Gasteiger charge is -2.31. The molecule has 8 nitrogen and oxygen atoms in total. The van der Waals surface area contributed by atoms with E-state index in [0.29, 0.717) is 54.0 Å². The summed E-state index contributed by atoms with van der Waals surface area (Å²) in [7, 11) is 0. The van der Waals surface area contributed by atoms with Gasteiger partial charge in [-0.1, -0.05) is 23.7 Å². The SMILES string of the molecule is O=C1C(=O)N(CCN2CCOCC2)C(c2cccc(Cl)c2)C1=C(O)c1ccc2c(c1)OCO2. The van der Waals surface area contributed by atoms with Gasteiger partial charge in [0.2, 0.25) is 6.79 Å². The molecule has 1 unspecified atom stereocenters. The van der Waals surface area contributed by atoms with Gasteiger partial charge in [-0.2, -0.15) is 0 Å². The van der Waals surface area contributed by atoms with E-state index in [2.05, 4.69) is 4.90 Å². The third-order valence-corrected chi connectivity index (χ3v) is 6.35. The average Bonchev–Trinajstić information content (AvgIpc) is 3.40. The van der Waals surface area contributed by atoms with Crippen molar-refractivity contribution < 1.29 is 28.9 Å². The molecular formula is C24H23ClN2O6. The Morgan fingerprint density at radius 3 is 2.61 bits per heavy atom. The Morgan fingerprint density at radius 1 is 1.03 bits per heavy atom. The van der Waals surface area contributed by atoms with E-state index >= 15 is 0 Å². The fourth-order valence-corrected chi connectivity index (χ4v) is 4.61. The number of benzene rings is 2. The van der Waals surface area contributed by atoms with Crippen molar-refractivity contribution in [1.29, 1.82) is 0 Å². The number of fused-ring (bicyclic) bond motifs is 1. The van der Waals surface area contributed by atoms with Crippen LogP contribution in [0.4, 0.5) is 0 Å². The van der Waals surface area contributed by atoms with Gasteiger partial charge in [-0.25, -0.2) is 0 Å². The Balaban J connectivity index is 1.54. The van der Waals surface area contributed by atoms with Gasteiger partial charge in [0.1, 0.15) is 5.76 Å². The Morgan fingerprint density at radius 2 is 1.82 bits per heavy atom. The molecule has 0 aromatic heterocycles. The van der Waals surface area contributed by atoms with E-state index in [4.69, 9.17) is 25.8 Å². The van der Waals surface area contributed by atoms with Crippen LogP contribution < -0.4 is 9.47 Å². The molecule has 3 heterocycles. The smallest absolute Gasteiger partial charge is 0.295 e. The summed E-state index contributed by atoms with van der Waals surface area (Å²) in [5.41, 5.74) is 1.06. The molecule has 2 saturated heterocycles. The molecule has 1 N–H and O–H groups in total. The van der Waals surface area contributed by atoms with Gasteiger partial charge in [0.05, 0.1) is 24.8 Å². The Bertz CT molecular complexity index is 1130. The first-order valence-corrected chi connectivity index (χ1v) is 11.1. The number of aliphatic hydroxyl groups is 1. The number of carbonyl (C=O) groups excluding carboxylic acids is 2. The quantitative estimate of drug-likeness (QED) is 0.408. The Hall–Kier alpha value is -3.07. The minimum Gasteiger partial charge on any atom is -0.507 e. The zero-order valence-corrected chi connectivity index (χ0v) is 18.6.